The lowest BCUT2D eigenvalue weighted by Crippen LogP contribution is -2.37. The van der Waals surface area contributed by atoms with E-state index >= 15 is 4.39 Å². The third-order valence-corrected chi connectivity index (χ3v) is 7.98. The number of benzene rings is 2. The predicted octanol–water partition coefficient (Wildman–Crippen LogP) is 5.44. The van der Waals surface area contributed by atoms with E-state index in [1.54, 1.807) is 13.0 Å². The second-order valence-corrected chi connectivity index (χ2v) is 11.9. The van der Waals surface area contributed by atoms with Crippen LogP contribution in [0.5, 0.6) is 0 Å². The van der Waals surface area contributed by atoms with Gasteiger partial charge in [-0.1, -0.05) is 11.6 Å². The number of nitrogens with zero attached hydrogens (tertiary/aromatic N) is 3. The van der Waals surface area contributed by atoms with Crippen molar-refractivity contribution >= 4 is 39.4 Å². The quantitative estimate of drug-likeness (QED) is 0.180. The van der Waals surface area contributed by atoms with Crippen molar-refractivity contribution in [3.05, 3.63) is 70.9 Å². The normalized spacial score (nSPS) is 13.8. The lowest BCUT2D eigenvalue weighted by molar-refractivity contribution is 0.168. The van der Waals surface area contributed by atoms with Gasteiger partial charge < -0.3 is 20.4 Å². The molecule has 1 saturated carbocycles. The first kappa shape index (κ1) is 30.1. The van der Waals surface area contributed by atoms with Crippen molar-refractivity contribution in [3.8, 4) is 22.6 Å². The number of aromatic nitrogens is 4. The van der Waals surface area contributed by atoms with Crippen LogP contribution in [-0.2, 0) is 14.8 Å². The molecule has 1 aliphatic rings. The largest absolute Gasteiger partial charge is 0.453 e. The van der Waals surface area contributed by atoms with Crippen LogP contribution in [0.1, 0.15) is 31.5 Å². The van der Waals surface area contributed by atoms with Crippen molar-refractivity contribution in [1.29, 1.82) is 0 Å². The monoisotopic (exact) mass is 635 g/mol. The van der Waals surface area contributed by atoms with Crippen molar-refractivity contribution in [2.75, 3.05) is 23.7 Å². The minimum absolute atomic E-state index is 0.0560. The molecule has 4 N–H and O–H groups in total. The number of sulfonamides is 1. The molecule has 0 saturated heterocycles. The topological polar surface area (TPSA) is 151 Å². The first-order valence-corrected chi connectivity index (χ1v) is 14.8. The smallest absolute Gasteiger partial charge is 0.407 e. The third-order valence-electron chi connectivity index (χ3n) is 6.38. The first-order valence-electron chi connectivity index (χ1n) is 12.9. The summed E-state index contributed by atoms with van der Waals surface area (Å²) < 4.78 is 76.3. The Bertz CT molecular complexity index is 1780. The highest BCUT2D eigenvalue weighted by atomic mass is 35.5. The number of hydrogen-bond donors (Lipinski definition) is 4. The number of alkyl carbamates (subject to hydrolysis) is 1. The number of aromatic amines is 1. The van der Waals surface area contributed by atoms with E-state index in [0.29, 0.717) is 17.6 Å². The van der Waals surface area contributed by atoms with Crippen molar-refractivity contribution in [1.82, 2.24) is 25.3 Å². The fourth-order valence-electron chi connectivity index (χ4n) is 4.22. The van der Waals surface area contributed by atoms with Gasteiger partial charge in [0.05, 0.1) is 24.2 Å². The molecule has 1 fully saturated rings. The molecule has 4 aromatic rings. The molecule has 2 aromatic heterocycles. The summed E-state index contributed by atoms with van der Waals surface area (Å²) in [5.74, 6) is -2.36. The standard InChI is InChI=1S/C27H25ClF3N7O4S/c1-13(34-27(39)42-2)12-33-26-32-6-5-20(35-26)24-23(36-25(37-24)14-3-4-14)19-7-15(28)8-21(22(19)31)43(40,41)38-18-10-16(29)9-17(30)11-18/h5-11,13-14,38H,3-4,12H2,1-2H3,(H,34,39)(H,36,37)(H,32,33,35)/t13-/m0/s1. The maximum atomic E-state index is 16.1. The van der Waals surface area contributed by atoms with Gasteiger partial charge in [0.1, 0.15) is 28.0 Å². The van der Waals surface area contributed by atoms with Crippen molar-refractivity contribution in [2.45, 2.75) is 36.6 Å². The number of imidazole rings is 1. The second-order valence-electron chi connectivity index (χ2n) is 9.83. The maximum absolute atomic E-state index is 16.1. The molecule has 11 nitrogen and oxygen atoms in total. The van der Waals surface area contributed by atoms with E-state index in [1.165, 1.54) is 19.4 Å². The molecule has 0 spiro atoms. The third kappa shape index (κ3) is 7.00. The lowest BCUT2D eigenvalue weighted by Gasteiger charge is -2.14. The van der Waals surface area contributed by atoms with E-state index in [-0.39, 0.29) is 46.4 Å². The molecule has 0 unspecified atom stereocenters. The highest BCUT2D eigenvalue weighted by Crippen LogP contribution is 2.43. The van der Waals surface area contributed by atoms with Crippen LogP contribution >= 0.6 is 11.6 Å². The van der Waals surface area contributed by atoms with Crippen molar-refractivity contribution < 1.29 is 31.1 Å². The Labute approximate surface area is 249 Å². The summed E-state index contributed by atoms with van der Waals surface area (Å²) in [4.78, 5) is 27.0. The van der Waals surface area contributed by atoms with E-state index in [9.17, 15) is 22.0 Å². The number of halogens is 4. The summed E-state index contributed by atoms with van der Waals surface area (Å²) in [5, 5.41) is 5.49. The predicted molar refractivity (Wildman–Crippen MR) is 153 cm³/mol. The molecule has 226 valence electrons. The molecule has 5 rings (SSSR count). The number of carbonyl (C=O) groups is 1. The van der Waals surface area contributed by atoms with Gasteiger partial charge in [-0.25, -0.2) is 41.3 Å². The summed E-state index contributed by atoms with van der Waals surface area (Å²) in [6.45, 7) is 2.00. The molecule has 0 bridgehead atoms. The molecular formula is C27H25ClF3N7O4S. The summed E-state index contributed by atoms with van der Waals surface area (Å²) >= 11 is 6.26. The molecule has 0 aliphatic heterocycles. The van der Waals surface area contributed by atoms with E-state index in [4.69, 9.17) is 11.6 Å². The van der Waals surface area contributed by atoms with Crippen LogP contribution in [0.4, 0.5) is 29.6 Å². The summed E-state index contributed by atoms with van der Waals surface area (Å²) in [7, 11) is -3.44. The average Bonchev–Trinajstić information content (AvgIpc) is 3.70. The number of methoxy groups -OCH3 is 1. The van der Waals surface area contributed by atoms with Gasteiger partial charge in [-0.15, -0.1) is 0 Å². The maximum Gasteiger partial charge on any atom is 0.407 e. The zero-order valence-electron chi connectivity index (χ0n) is 22.7. The molecule has 0 radical (unpaired) electrons. The first-order chi connectivity index (χ1) is 20.4. The van der Waals surface area contributed by atoms with Crippen molar-refractivity contribution in [3.63, 3.8) is 0 Å². The van der Waals surface area contributed by atoms with Crippen LogP contribution in [0.15, 0.2) is 47.5 Å². The Kier molecular flexibility index (Phi) is 8.46. The Morgan fingerprint density at radius 2 is 1.86 bits per heavy atom. The summed E-state index contributed by atoms with van der Waals surface area (Å²) in [6.07, 6.45) is 2.60. The Balaban J connectivity index is 1.52. The van der Waals surface area contributed by atoms with E-state index < -0.39 is 44.2 Å². The van der Waals surface area contributed by atoms with Crippen LogP contribution in [-0.4, -0.2) is 54.1 Å². The zero-order valence-corrected chi connectivity index (χ0v) is 24.3. The molecular weight excluding hydrogens is 611 g/mol. The second kappa shape index (κ2) is 12.1. The fourth-order valence-corrected chi connectivity index (χ4v) is 5.66. The van der Waals surface area contributed by atoms with Crippen LogP contribution in [0.25, 0.3) is 22.6 Å². The number of anilines is 2. The number of H-pyrrole nitrogens is 1. The summed E-state index contributed by atoms with van der Waals surface area (Å²) in [5.41, 5.74) is -0.0107. The summed E-state index contributed by atoms with van der Waals surface area (Å²) in [6, 6.07) is 5.43. The van der Waals surface area contributed by atoms with Gasteiger partial charge in [-0.05, 0) is 50.1 Å². The molecule has 1 aliphatic carbocycles. The van der Waals surface area contributed by atoms with Crippen molar-refractivity contribution in [2.24, 2.45) is 0 Å². The van der Waals surface area contributed by atoms with Gasteiger partial charge in [0.2, 0.25) is 5.95 Å². The average molecular weight is 636 g/mol. The molecule has 1 amide bonds. The van der Waals surface area contributed by atoms with Gasteiger partial charge in [0, 0.05) is 41.4 Å². The molecule has 43 heavy (non-hydrogen) atoms. The van der Waals surface area contributed by atoms with Crippen LogP contribution in [0.3, 0.4) is 0 Å². The van der Waals surface area contributed by atoms with E-state index in [2.05, 4.69) is 35.3 Å². The Morgan fingerprint density at radius 1 is 1.14 bits per heavy atom. The molecule has 1 atom stereocenters. The number of ether oxygens (including phenoxy) is 1. The van der Waals surface area contributed by atoms with Crippen LogP contribution in [0.2, 0.25) is 5.02 Å². The minimum atomic E-state index is -4.69. The molecule has 2 aromatic carbocycles. The highest BCUT2D eigenvalue weighted by Gasteiger charge is 2.31. The zero-order chi connectivity index (χ0) is 30.9. The highest BCUT2D eigenvalue weighted by molar-refractivity contribution is 7.92. The Morgan fingerprint density at radius 3 is 2.53 bits per heavy atom. The van der Waals surface area contributed by atoms with E-state index in [1.807, 2.05) is 4.72 Å². The lowest BCUT2D eigenvalue weighted by atomic mass is 10.1. The number of hydrogen-bond acceptors (Lipinski definition) is 8. The SMILES string of the molecule is COC(=O)N[C@@H](C)CNc1nccc(-c2[nH]c(C3CC3)nc2-c2cc(Cl)cc(S(=O)(=O)Nc3cc(F)cc(F)c3)c2F)n1. The Hall–Kier alpha value is -4.37. The number of amides is 1. The molecule has 2 heterocycles. The van der Waals surface area contributed by atoms with E-state index in [0.717, 1.165) is 31.0 Å². The van der Waals surface area contributed by atoms with Gasteiger partial charge in [0.15, 0.2) is 5.82 Å². The number of nitrogens with one attached hydrogen (secondary N) is 4. The van der Waals surface area contributed by atoms with Gasteiger partial charge in [-0.3, -0.25) is 4.72 Å². The van der Waals surface area contributed by atoms with Crippen LogP contribution < -0.4 is 15.4 Å². The van der Waals surface area contributed by atoms with Gasteiger partial charge in [0.25, 0.3) is 10.0 Å². The van der Waals surface area contributed by atoms with Crippen LogP contribution in [0, 0.1) is 17.5 Å². The van der Waals surface area contributed by atoms with Gasteiger partial charge in [-0.2, -0.15) is 0 Å². The number of carbonyl (C=O) groups excluding carboxylic acids is 1. The number of rotatable bonds is 10. The molecule has 16 heteroatoms. The van der Waals surface area contributed by atoms with Gasteiger partial charge >= 0.3 is 6.09 Å². The minimum Gasteiger partial charge on any atom is -0.453 e. The fraction of sp³-hybridized carbons (Fsp3) is 0.259.